The van der Waals surface area contributed by atoms with Crippen LogP contribution < -0.4 is 5.73 Å². The van der Waals surface area contributed by atoms with Crippen LogP contribution in [0.15, 0.2) is 0 Å². The fourth-order valence-electron chi connectivity index (χ4n) is 0.539. The lowest BCUT2D eigenvalue weighted by Gasteiger charge is -2.24. The third-order valence-corrected chi connectivity index (χ3v) is 1.59. The SMILES string of the molecule is CC(C)(C)OOC(C)(C)C.CCC(N)CC. The van der Waals surface area contributed by atoms with E-state index in [4.69, 9.17) is 15.5 Å². The molecular formula is C13H31NO2. The topological polar surface area (TPSA) is 44.5 Å². The van der Waals surface area contributed by atoms with Crippen LogP contribution in [0, 0.1) is 0 Å². The van der Waals surface area contributed by atoms with Crippen molar-refractivity contribution < 1.29 is 9.78 Å². The van der Waals surface area contributed by atoms with Gasteiger partial charge in [0.2, 0.25) is 0 Å². The molecule has 0 saturated heterocycles. The number of nitrogens with two attached hydrogens (primary N) is 1. The summed E-state index contributed by atoms with van der Waals surface area (Å²) >= 11 is 0. The zero-order chi connectivity index (χ0) is 13.4. The first-order valence-corrected chi connectivity index (χ1v) is 6.14. The van der Waals surface area contributed by atoms with Crippen molar-refractivity contribution in [1.82, 2.24) is 0 Å². The molecule has 0 aliphatic heterocycles. The molecule has 0 aromatic heterocycles. The number of hydrogen-bond acceptors (Lipinski definition) is 3. The zero-order valence-corrected chi connectivity index (χ0v) is 12.4. The molecule has 0 heterocycles. The molecule has 0 fully saturated rings. The molecule has 0 saturated carbocycles. The van der Waals surface area contributed by atoms with Crippen molar-refractivity contribution in [2.24, 2.45) is 5.73 Å². The average molecular weight is 233 g/mol. The van der Waals surface area contributed by atoms with E-state index in [1.807, 2.05) is 41.5 Å². The van der Waals surface area contributed by atoms with Crippen molar-refractivity contribution >= 4 is 0 Å². The van der Waals surface area contributed by atoms with Gasteiger partial charge in [0.25, 0.3) is 0 Å². The molecule has 0 unspecified atom stereocenters. The third kappa shape index (κ3) is 19.5. The van der Waals surface area contributed by atoms with Gasteiger partial charge in [-0.25, -0.2) is 9.78 Å². The van der Waals surface area contributed by atoms with Gasteiger partial charge < -0.3 is 5.73 Å². The molecule has 0 aliphatic rings. The minimum Gasteiger partial charge on any atom is -0.328 e. The summed E-state index contributed by atoms with van der Waals surface area (Å²) in [4.78, 5) is 10.2. The van der Waals surface area contributed by atoms with E-state index in [1.165, 1.54) is 0 Å². The van der Waals surface area contributed by atoms with Crippen LogP contribution >= 0.6 is 0 Å². The molecule has 0 radical (unpaired) electrons. The number of rotatable bonds is 3. The quantitative estimate of drug-likeness (QED) is 0.597. The summed E-state index contributed by atoms with van der Waals surface area (Å²) in [6.07, 6.45) is 2.22. The van der Waals surface area contributed by atoms with E-state index < -0.39 is 0 Å². The Bertz CT molecular complexity index is 138. The first kappa shape index (κ1) is 18.3. The van der Waals surface area contributed by atoms with Crippen LogP contribution in [-0.2, 0) is 9.78 Å². The molecule has 16 heavy (non-hydrogen) atoms. The molecule has 0 aromatic carbocycles. The highest BCUT2D eigenvalue weighted by molar-refractivity contribution is 4.58. The second kappa shape index (κ2) is 8.04. The van der Waals surface area contributed by atoms with Gasteiger partial charge >= 0.3 is 0 Å². The van der Waals surface area contributed by atoms with Crippen molar-refractivity contribution in [3.05, 3.63) is 0 Å². The van der Waals surface area contributed by atoms with Gasteiger partial charge in [0.1, 0.15) is 0 Å². The average Bonchev–Trinajstić information content (AvgIpc) is 2.12. The van der Waals surface area contributed by atoms with E-state index in [0.29, 0.717) is 6.04 Å². The lowest BCUT2D eigenvalue weighted by atomic mass is 10.2. The van der Waals surface area contributed by atoms with Crippen molar-refractivity contribution in [2.45, 2.75) is 85.5 Å². The Morgan fingerprint density at radius 2 is 1.06 bits per heavy atom. The van der Waals surface area contributed by atoms with E-state index in [2.05, 4.69) is 13.8 Å². The molecular weight excluding hydrogens is 202 g/mol. The third-order valence-electron chi connectivity index (χ3n) is 1.59. The minimum atomic E-state index is -0.215. The second-order valence-electron chi connectivity index (χ2n) is 5.97. The Balaban J connectivity index is 0. The van der Waals surface area contributed by atoms with Gasteiger partial charge in [-0.3, -0.25) is 0 Å². The van der Waals surface area contributed by atoms with E-state index in [9.17, 15) is 0 Å². The van der Waals surface area contributed by atoms with E-state index in [0.717, 1.165) is 12.8 Å². The summed E-state index contributed by atoms with van der Waals surface area (Å²) in [5, 5.41) is 0. The fraction of sp³-hybridized carbons (Fsp3) is 1.00. The fourth-order valence-corrected chi connectivity index (χ4v) is 0.539. The molecule has 0 amide bonds. The van der Waals surface area contributed by atoms with Crippen LogP contribution in [0.4, 0.5) is 0 Å². The highest BCUT2D eigenvalue weighted by atomic mass is 17.2. The molecule has 0 spiro atoms. The molecule has 0 aromatic rings. The normalized spacial score (nSPS) is 12.4. The van der Waals surface area contributed by atoms with Gasteiger partial charge in [-0.15, -0.1) is 0 Å². The van der Waals surface area contributed by atoms with Crippen LogP contribution in [0.2, 0.25) is 0 Å². The van der Waals surface area contributed by atoms with Gasteiger partial charge in [-0.05, 0) is 54.4 Å². The molecule has 0 rings (SSSR count). The highest BCUT2D eigenvalue weighted by Crippen LogP contribution is 2.14. The van der Waals surface area contributed by atoms with Crippen LogP contribution in [0.3, 0.4) is 0 Å². The van der Waals surface area contributed by atoms with Crippen molar-refractivity contribution in [2.75, 3.05) is 0 Å². The minimum absolute atomic E-state index is 0.215. The van der Waals surface area contributed by atoms with Gasteiger partial charge in [0.05, 0.1) is 11.2 Å². The number of hydrogen-bond donors (Lipinski definition) is 1. The largest absolute Gasteiger partial charge is 0.328 e. The van der Waals surface area contributed by atoms with Crippen molar-refractivity contribution in [3.63, 3.8) is 0 Å². The lowest BCUT2D eigenvalue weighted by molar-refractivity contribution is -0.393. The Morgan fingerprint density at radius 3 is 1.12 bits per heavy atom. The first-order valence-electron chi connectivity index (χ1n) is 6.14. The maximum Gasteiger partial charge on any atom is 0.0952 e. The molecule has 2 N–H and O–H groups in total. The second-order valence-corrected chi connectivity index (χ2v) is 5.97. The standard InChI is InChI=1S/C8H18O2.C5H13N/c1-7(2,3)9-10-8(4,5)6;1-3-5(6)4-2/h1-6H3;5H,3-4,6H2,1-2H3. The molecule has 100 valence electrons. The summed E-state index contributed by atoms with van der Waals surface area (Å²) in [6.45, 7) is 16.0. The van der Waals surface area contributed by atoms with E-state index in [1.54, 1.807) is 0 Å². The van der Waals surface area contributed by atoms with Gasteiger partial charge in [0, 0.05) is 6.04 Å². The monoisotopic (exact) mass is 233 g/mol. The van der Waals surface area contributed by atoms with Crippen LogP contribution in [-0.4, -0.2) is 17.2 Å². The Kier molecular flexibility index (Phi) is 9.17. The van der Waals surface area contributed by atoms with Crippen molar-refractivity contribution in [1.29, 1.82) is 0 Å². The predicted molar refractivity (Wildman–Crippen MR) is 70.2 cm³/mol. The molecule has 3 heteroatoms. The van der Waals surface area contributed by atoms with Crippen molar-refractivity contribution in [3.8, 4) is 0 Å². The summed E-state index contributed by atoms with van der Waals surface area (Å²) in [7, 11) is 0. The van der Waals surface area contributed by atoms with Crippen LogP contribution in [0.25, 0.3) is 0 Å². The zero-order valence-electron chi connectivity index (χ0n) is 12.4. The first-order chi connectivity index (χ1) is 7.02. The van der Waals surface area contributed by atoms with Gasteiger partial charge in [-0.1, -0.05) is 13.8 Å². The van der Waals surface area contributed by atoms with E-state index >= 15 is 0 Å². The molecule has 0 atom stereocenters. The maximum absolute atomic E-state index is 5.47. The highest BCUT2D eigenvalue weighted by Gasteiger charge is 2.18. The maximum atomic E-state index is 5.47. The molecule has 0 aliphatic carbocycles. The van der Waals surface area contributed by atoms with Gasteiger partial charge in [0.15, 0.2) is 0 Å². The Morgan fingerprint density at radius 1 is 0.812 bits per heavy atom. The summed E-state index contributed by atoms with van der Waals surface area (Å²) in [5.74, 6) is 0. The Hall–Kier alpha value is -0.120. The summed E-state index contributed by atoms with van der Waals surface area (Å²) in [6, 6.07) is 0.435. The summed E-state index contributed by atoms with van der Waals surface area (Å²) in [5.41, 5.74) is 5.04. The lowest BCUT2D eigenvalue weighted by Crippen LogP contribution is -2.27. The van der Waals surface area contributed by atoms with Crippen LogP contribution in [0.5, 0.6) is 0 Å². The molecule has 3 nitrogen and oxygen atoms in total. The molecule has 0 bridgehead atoms. The predicted octanol–water partition coefficient (Wildman–Crippen LogP) is 3.67. The smallest absolute Gasteiger partial charge is 0.0952 e. The Labute approximate surface area is 102 Å². The van der Waals surface area contributed by atoms with Gasteiger partial charge in [-0.2, -0.15) is 0 Å². The van der Waals surface area contributed by atoms with Crippen LogP contribution in [0.1, 0.15) is 68.2 Å². The summed E-state index contributed by atoms with van der Waals surface area (Å²) < 4.78 is 0. The van der Waals surface area contributed by atoms with E-state index in [-0.39, 0.29) is 11.2 Å².